The third kappa shape index (κ3) is 5.73. The van der Waals surface area contributed by atoms with Crippen molar-refractivity contribution in [2.45, 2.75) is 25.4 Å². The normalized spacial score (nSPS) is 19.9. The molecule has 7 nitrogen and oxygen atoms in total. The van der Waals surface area contributed by atoms with Crippen molar-refractivity contribution < 1.29 is 14.3 Å². The van der Waals surface area contributed by atoms with Crippen molar-refractivity contribution in [1.29, 1.82) is 0 Å². The van der Waals surface area contributed by atoms with Crippen molar-refractivity contribution >= 4 is 35.8 Å². The highest BCUT2D eigenvalue weighted by Gasteiger charge is 2.30. The number of aliphatic imine (C=N–C) groups is 1. The van der Waals surface area contributed by atoms with Gasteiger partial charge in [-0.2, -0.15) is 0 Å². The Morgan fingerprint density at radius 3 is 2.61 bits per heavy atom. The van der Waals surface area contributed by atoms with Crippen LogP contribution < -0.4 is 10.1 Å². The zero-order chi connectivity index (χ0) is 19.1. The first-order valence-corrected chi connectivity index (χ1v) is 9.71. The van der Waals surface area contributed by atoms with Gasteiger partial charge in [-0.05, 0) is 30.9 Å². The number of ether oxygens (including phenoxy) is 2. The molecule has 2 saturated heterocycles. The van der Waals surface area contributed by atoms with Crippen LogP contribution in [0.3, 0.4) is 0 Å². The average molecular weight is 502 g/mol. The number of carbonyl (C=O) groups is 1. The molecule has 2 heterocycles. The molecule has 3 rings (SSSR count). The minimum atomic E-state index is -0.227. The number of piperazine rings is 1. The Balaban J connectivity index is 0.00000280. The van der Waals surface area contributed by atoms with E-state index in [9.17, 15) is 4.79 Å². The molecule has 28 heavy (non-hydrogen) atoms. The topological polar surface area (TPSA) is 66.4 Å². The van der Waals surface area contributed by atoms with Crippen LogP contribution in [0.25, 0.3) is 0 Å². The van der Waals surface area contributed by atoms with E-state index in [1.165, 1.54) is 5.56 Å². The summed E-state index contributed by atoms with van der Waals surface area (Å²) in [5.74, 6) is 1.94. The van der Waals surface area contributed by atoms with Crippen LogP contribution in [0.4, 0.5) is 0 Å². The number of methoxy groups -OCH3 is 1. The highest BCUT2D eigenvalue weighted by molar-refractivity contribution is 14.0. The Morgan fingerprint density at radius 2 is 1.96 bits per heavy atom. The Kier molecular flexibility index (Phi) is 9.30. The molecule has 1 atom stereocenters. The fraction of sp³-hybridized carbons (Fsp3) is 0.600. The molecule has 2 fully saturated rings. The number of halogens is 1. The quantitative estimate of drug-likeness (QED) is 0.378. The van der Waals surface area contributed by atoms with Crippen LogP contribution in [-0.2, 0) is 16.0 Å². The molecule has 1 aromatic rings. The highest BCUT2D eigenvalue weighted by Crippen LogP contribution is 2.18. The number of hydrogen-bond donors (Lipinski definition) is 1. The number of benzene rings is 1. The molecule has 0 aromatic heterocycles. The summed E-state index contributed by atoms with van der Waals surface area (Å²) in [5, 5.41) is 3.43. The van der Waals surface area contributed by atoms with Crippen molar-refractivity contribution in [3.8, 4) is 5.75 Å². The SMILES string of the molecule is CN=C(NCCc1ccccc1OC)N1CCN(C(=O)C2CCCO2)CC1.I. The maximum atomic E-state index is 12.5. The number of nitrogens with one attached hydrogen (secondary N) is 1. The first-order valence-electron chi connectivity index (χ1n) is 9.71. The van der Waals surface area contributed by atoms with E-state index in [0.29, 0.717) is 19.7 Å². The molecule has 1 unspecified atom stereocenters. The lowest BCUT2D eigenvalue weighted by Gasteiger charge is -2.37. The van der Waals surface area contributed by atoms with Crippen LogP contribution in [0.5, 0.6) is 5.75 Å². The lowest BCUT2D eigenvalue weighted by molar-refractivity contribution is -0.142. The number of carbonyl (C=O) groups excluding carboxylic acids is 1. The van der Waals surface area contributed by atoms with Crippen molar-refractivity contribution in [2.75, 3.05) is 53.5 Å². The summed E-state index contributed by atoms with van der Waals surface area (Å²) < 4.78 is 10.9. The van der Waals surface area contributed by atoms with Gasteiger partial charge in [0, 0.05) is 46.4 Å². The molecule has 1 aromatic carbocycles. The maximum absolute atomic E-state index is 12.5. The first kappa shape index (κ1) is 22.7. The second-order valence-electron chi connectivity index (χ2n) is 6.85. The molecule has 2 aliphatic heterocycles. The van der Waals surface area contributed by atoms with Crippen LogP contribution >= 0.6 is 24.0 Å². The van der Waals surface area contributed by atoms with Gasteiger partial charge in [-0.25, -0.2) is 0 Å². The minimum Gasteiger partial charge on any atom is -0.496 e. The van der Waals surface area contributed by atoms with Crippen LogP contribution in [-0.4, -0.2) is 81.3 Å². The number of amides is 1. The summed E-state index contributed by atoms with van der Waals surface area (Å²) in [7, 11) is 3.50. The average Bonchev–Trinajstić information content (AvgIpc) is 3.26. The van der Waals surface area contributed by atoms with E-state index >= 15 is 0 Å². The predicted octanol–water partition coefficient (Wildman–Crippen LogP) is 1.75. The molecule has 0 bridgehead atoms. The molecule has 2 aliphatic rings. The lowest BCUT2D eigenvalue weighted by atomic mass is 10.1. The van der Waals surface area contributed by atoms with E-state index < -0.39 is 0 Å². The number of rotatable bonds is 5. The van der Waals surface area contributed by atoms with Crippen molar-refractivity contribution in [1.82, 2.24) is 15.1 Å². The summed E-state index contributed by atoms with van der Waals surface area (Å²) in [6.07, 6.45) is 2.47. The Morgan fingerprint density at radius 1 is 1.25 bits per heavy atom. The Bertz CT molecular complexity index is 657. The molecule has 0 radical (unpaired) electrons. The smallest absolute Gasteiger partial charge is 0.251 e. The third-order valence-electron chi connectivity index (χ3n) is 5.18. The fourth-order valence-electron chi connectivity index (χ4n) is 3.67. The zero-order valence-corrected chi connectivity index (χ0v) is 19.1. The number of nitrogens with zero attached hydrogens (tertiary/aromatic N) is 3. The minimum absolute atomic E-state index is 0. The van der Waals surface area contributed by atoms with Gasteiger partial charge in [0.25, 0.3) is 5.91 Å². The molecular weight excluding hydrogens is 471 g/mol. The van der Waals surface area contributed by atoms with E-state index in [1.54, 1.807) is 14.2 Å². The van der Waals surface area contributed by atoms with Crippen molar-refractivity contribution in [3.05, 3.63) is 29.8 Å². The van der Waals surface area contributed by atoms with Crippen molar-refractivity contribution in [3.63, 3.8) is 0 Å². The van der Waals surface area contributed by atoms with Crippen LogP contribution in [0.15, 0.2) is 29.3 Å². The van der Waals surface area contributed by atoms with E-state index in [4.69, 9.17) is 9.47 Å². The summed E-state index contributed by atoms with van der Waals surface area (Å²) in [6.45, 7) is 4.48. The van der Waals surface area contributed by atoms with Gasteiger partial charge in [-0.3, -0.25) is 9.79 Å². The van der Waals surface area contributed by atoms with Crippen LogP contribution in [0.2, 0.25) is 0 Å². The van der Waals surface area contributed by atoms with E-state index in [1.807, 2.05) is 23.1 Å². The Hall–Kier alpha value is -1.55. The standard InChI is InChI=1S/C20H30N4O3.HI/c1-21-20(22-10-9-16-6-3-4-7-17(16)26-2)24-13-11-23(12-14-24)19(25)18-8-5-15-27-18;/h3-4,6-7,18H,5,8-15H2,1-2H3,(H,21,22);1H. The van der Waals surface area contributed by atoms with E-state index in [2.05, 4.69) is 21.3 Å². The first-order chi connectivity index (χ1) is 13.2. The summed E-state index contributed by atoms with van der Waals surface area (Å²) in [4.78, 5) is 21.0. The molecule has 8 heteroatoms. The van der Waals surface area contributed by atoms with Gasteiger partial charge in [0.15, 0.2) is 5.96 Å². The molecule has 0 aliphatic carbocycles. The lowest BCUT2D eigenvalue weighted by Crippen LogP contribution is -2.55. The van der Waals surface area contributed by atoms with Gasteiger partial charge in [0.05, 0.1) is 7.11 Å². The fourth-order valence-corrected chi connectivity index (χ4v) is 3.67. The molecule has 0 spiro atoms. The summed E-state index contributed by atoms with van der Waals surface area (Å²) in [5.41, 5.74) is 1.18. The highest BCUT2D eigenvalue weighted by atomic mass is 127. The number of guanidine groups is 1. The third-order valence-corrected chi connectivity index (χ3v) is 5.18. The van der Waals surface area contributed by atoms with Gasteiger partial charge in [-0.15, -0.1) is 24.0 Å². The van der Waals surface area contributed by atoms with Crippen molar-refractivity contribution in [2.24, 2.45) is 4.99 Å². The summed E-state index contributed by atoms with van der Waals surface area (Å²) >= 11 is 0. The van der Waals surface area contributed by atoms with Crippen LogP contribution in [0.1, 0.15) is 18.4 Å². The van der Waals surface area contributed by atoms with Gasteiger partial charge in [0.2, 0.25) is 0 Å². The second kappa shape index (κ2) is 11.5. The maximum Gasteiger partial charge on any atom is 0.251 e. The molecular formula is C20H31IN4O3. The van der Waals surface area contributed by atoms with Gasteiger partial charge in [0.1, 0.15) is 11.9 Å². The van der Waals surface area contributed by atoms with Gasteiger partial charge < -0.3 is 24.6 Å². The molecule has 1 amide bonds. The van der Waals surface area contributed by atoms with Gasteiger partial charge in [-0.1, -0.05) is 18.2 Å². The Labute approximate surface area is 184 Å². The zero-order valence-electron chi connectivity index (χ0n) is 16.7. The van der Waals surface area contributed by atoms with Crippen LogP contribution in [0, 0.1) is 0 Å². The monoisotopic (exact) mass is 502 g/mol. The molecule has 0 saturated carbocycles. The molecule has 156 valence electrons. The van der Waals surface area contributed by atoms with E-state index in [0.717, 1.165) is 50.6 Å². The second-order valence-corrected chi connectivity index (χ2v) is 6.85. The largest absolute Gasteiger partial charge is 0.496 e. The molecule has 1 N–H and O–H groups in total. The predicted molar refractivity (Wildman–Crippen MR) is 121 cm³/mol. The summed E-state index contributed by atoms with van der Waals surface area (Å²) in [6, 6.07) is 8.07. The van der Waals surface area contributed by atoms with Gasteiger partial charge >= 0.3 is 0 Å². The van der Waals surface area contributed by atoms with E-state index in [-0.39, 0.29) is 36.0 Å². The number of hydrogen-bond acceptors (Lipinski definition) is 4. The number of para-hydroxylation sites is 1.